The van der Waals surface area contributed by atoms with Crippen molar-refractivity contribution in [3.05, 3.63) is 211 Å². The molecule has 4 atom stereocenters. The molecular weight excluding hydrogens is 909 g/mol. The number of ether oxygens (including phenoxy) is 4. The summed E-state index contributed by atoms with van der Waals surface area (Å²) in [6, 6.07) is 35.7. The van der Waals surface area contributed by atoms with Crippen molar-refractivity contribution in [2.45, 2.75) is 50.1 Å². The predicted molar refractivity (Wildman–Crippen MR) is 277 cm³/mol. The minimum atomic E-state index is -0.470. The summed E-state index contributed by atoms with van der Waals surface area (Å²) >= 11 is 0. The van der Waals surface area contributed by atoms with Crippen molar-refractivity contribution in [1.82, 2.24) is 0 Å². The number of benzene rings is 6. The summed E-state index contributed by atoms with van der Waals surface area (Å²) in [6.45, 7) is 0.769. The van der Waals surface area contributed by atoms with Gasteiger partial charge in [0.1, 0.15) is 49.4 Å². The first-order valence-corrected chi connectivity index (χ1v) is 23.1. The van der Waals surface area contributed by atoms with E-state index < -0.39 is 11.8 Å². The maximum atomic E-state index is 6.50. The number of hydrogen-bond donors (Lipinski definition) is 10. The molecule has 20 N–H and O–H groups in total. The molecule has 20 bridgehead atoms. The molecule has 0 radical (unpaired) electrons. The lowest BCUT2D eigenvalue weighted by Gasteiger charge is -2.41. The molecule has 22 aliphatic rings. The number of hydrogen-bond acceptors (Lipinski definition) is 10. The Labute approximate surface area is 414 Å². The van der Waals surface area contributed by atoms with Gasteiger partial charge in [0.25, 0.3) is 0 Å². The van der Waals surface area contributed by atoms with Gasteiger partial charge in [0.15, 0.2) is 23.8 Å². The van der Waals surface area contributed by atoms with Crippen molar-refractivity contribution in [3.8, 4) is 23.0 Å². The van der Waals surface area contributed by atoms with E-state index in [9.17, 15) is 0 Å². The molecule has 6 aromatic rings. The minimum absolute atomic E-state index is 0.0897. The second-order valence-electron chi connectivity index (χ2n) is 18.2. The summed E-state index contributed by atoms with van der Waals surface area (Å²) in [5.41, 5.74) is 74.8. The number of nitrogens with two attached hydrogens (primary N) is 10. The van der Waals surface area contributed by atoms with Gasteiger partial charge in [-0.15, -0.1) is 0 Å². The van der Waals surface area contributed by atoms with Crippen LogP contribution in [0, 0.1) is 0 Å². The summed E-state index contributed by atoms with van der Waals surface area (Å²) in [6.07, 6.45) is 4.05. The van der Waals surface area contributed by atoms with Crippen LogP contribution in [0.2, 0.25) is 0 Å². The van der Waals surface area contributed by atoms with Gasteiger partial charge < -0.3 is 76.3 Å². The van der Waals surface area contributed by atoms with Crippen LogP contribution < -0.4 is 76.3 Å². The Morgan fingerprint density at radius 1 is 0.389 bits per heavy atom. The Morgan fingerprint density at radius 3 is 1.21 bits per heavy atom. The Kier molecular flexibility index (Phi) is 11.1. The lowest BCUT2D eigenvalue weighted by atomic mass is 9.64. The molecule has 0 aromatic heterocycles. The fourth-order valence-corrected chi connectivity index (χ4v) is 10.7. The van der Waals surface area contributed by atoms with E-state index in [0.29, 0.717) is 45.8 Å². The van der Waals surface area contributed by atoms with E-state index in [1.807, 2.05) is 91.0 Å². The molecule has 0 amide bonds. The molecule has 16 heterocycles. The summed E-state index contributed by atoms with van der Waals surface area (Å²) in [5.74, 6) is 1.16. The average Bonchev–Trinajstić information content (AvgIpc) is 3.33. The zero-order chi connectivity index (χ0) is 49.9. The lowest BCUT2D eigenvalue weighted by Crippen LogP contribution is -2.32. The molecule has 6 aliphatic carbocycles. The van der Waals surface area contributed by atoms with Gasteiger partial charge in [-0.1, -0.05) is 54.6 Å². The SMILES string of the molecule is NC(N)=CC1=C[C@H]2c3ccc4cc3C1c1ccc(cc12)OCc1ccc(c(N=C(N)N)c1)COc1ccc2c(c1)C1C(N=C(N)N)=C(N=C(N)N)[C@@H]2c2cc(ccc21)OCc1ccc(c(N=C(N)N)c1)CO4. The van der Waals surface area contributed by atoms with Crippen LogP contribution in [-0.4, -0.2) is 23.8 Å². The zero-order valence-corrected chi connectivity index (χ0v) is 38.9. The van der Waals surface area contributed by atoms with Crippen LogP contribution in [0.15, 0.2) is 164 Å². The van der Waals surface area contributed by atoms with Crippen molar-refractivity contribution in [2.24, 2.45) is 77.3 Å². The number of aliphatic imine (C=N–C) groups is 4. The van der Waals surface area contributed by atoms with E-state index in [1.54, 1.807) is 0 Å². The molecule has 28 rings (SSSR count). The summed E-state index contributed by atoms with van der Waals surface area (Å²) in [7, 11) is 0. The molecule has 72 heavy (non-hydrogen) atoms. The highest BCUT2D eigenvalue weighted by atomic mass is 16.5. The first-order chi connectivity index (χ1) is 34.7. The first-order valence-electron chi connectivity index (χ1n) is 23.1. The van der Waals surface area contributed by atoms with Gasteiger partial charge in [-0.25, -0.2) is 20.0 Å². The van der Waals surface area contributed by atoms with Crippen molar-refractivity contribution in [3.63, 3.8) is 0 Å². The third-order valence-electron chi connectivity index (χ3n) is 13.5. The third-order valence-corrected chi connectivity index (χ3v) is 13.5. The second-order valence-corrected chi connectivity index (χ2v) is 18.2. The predicted octanol–water partition coefficient (Wildman–Crippen LogP) is 4.75. The molecule has 2 unspecified atom stereocenters. The van der Waals surface area contributed by atoms with E-state index in [1.165, 1.54) is 0 Å². The molecule has 18 nitrogen and oxygen atoms in total. The molecule has 0 fully saturated rings. The van der Waals surface area contributed by atoms with E-state index in [4.69, 9.17) is 76.3 Å². The van der Waals surface area contributed by atoms with E-state index in [0.717, 1.165) is 72.3 Å². The van der Waals surface area contributed by atoms with Gasteiger partial charge in [-0.2, -0.15) is 0 Å². The largest absolute Gasteiger partial charge is 0.489 e. The van der Waals surface area contributed by atoms with E-state index in [2.05, 4.69) is 50.3 Å². The highest BCUT2D eigenvalue weighted by Gasteiger charge is 2.44. The van der Waals surface area contributed by atoms with Gasteiger partial charge in [-0.05, 0) is 128 Å². The van der Waals surface area contributed by atoms with Crippen LogP contribution in [0.25, 0.3) is 0 Å². The minimum Gasteiger partial charge on any atom is -0.489 e. The smallest absolute Gasteiger partial charge is 0.191 e. The quantitative estimate of drug-likeness (QED) is 0.0824. The fraction of sp³-hybridized carbons (Fsp3) is 0.148. The summed E-state index contributed by atoms with van der Waals surface area (Å²) < 4.78 is 25.9. The fourth-order valence-electron chi connectivity index (χ4n) is 10.7. The molecule has 16 aliphatic heterocycles. The number of allylic oxidation sites excluding steroid dienone is 5. The second kappa shape index (κ2) is 17.7. The monoisotopic (exact) mass is 960 g/mol. The summed E-state index contributed by atoms with van der Waals surface area (Å²) in [4.78, 5) is 18.2. The third kappa shape index (κ3) is 8.29. The van der Waals surface area contributed by atoms with Crippen LogP contribution >= 0.6 is 0 Å². The maximum absolute atomic E-state index is 6.50. The zero-order valence-electron chi connectivity index (χ0n) is 38.9. The highest BCUT2D eigenvalue weighted by Crippen LogP contribution is 2.58. The van der Waals surface area contributed by atoms with Crippen LogP contribution in [0.4, 0.5) is 11.4 Å². The Morgan fingerprint density at radius 2 is 0.778 bits per heavy atom. The maximum Gasteiger partial charge on any atom is 0.191 e. The number of rotatable bonds is 5. The molecule has 0 spiro atoms. The molecule has 0 saturated heterocycles. The molecular formula is C54H52N14O4. The van der Waals surface area contributed by atoms with Gasteiger partial charge in [-0.3, -0.25) is 0 Å². The summed E-state index contributed by atoms with van der Waals surface area (Å²) in [5, 5.41) is 0. The molecule has 18 heteroatoms. The van der Waals surface area contributed by atoms with Crippen LogP contribution in [0.3, 0.4) is 0 Å². The normalized spacial score (nSPS) is 18.5. The van der Waals surface area contributed by atoms with E-state index in [-0.39, 0.29) is 67.9 Å². The van der Waals surface area contributed by atoms with Crippen molar-refractivity contribution >= 4 is 35.2 Å². The Hall–Kier alpha value is -9.58. The first kappa shape index (κ1) is 44.9. The van der Waals surface area contributed by atoms with Gasteiger partial charge in [0, 0.05) is 23.0 Å². The van der Waals surface area contributed by atoms with Gasteiger partial charge in [0.05, 0.1) is 40.4 Å². The van der Waals surface area contributed by atoms with E-state index >= 15 is 0 Å². The average molecular weight is 961 g/mol. The lowest BCUT2D eigenvalue weighted by molar-refractivity contribution is 0.302. The van der Waals surface area contributed by atoms with Crippen molar-refractivity contribution in [2.75, 3.05) is 0 Å². The van der Waals surface area contributed by atoms with Crippen LogP contribution in [0.1, 0.15) is 90.4 Å². The van der Waals surface area contributed by atoms with Gasteiger partial charge >= 0.3 is 0 Å². The van der Waals surface area contributed by atoms with Gasteiger partial charge in [0.2, 0.25) is 0 Å². The molecule has 0 saturated carbocycles. The van der Waals surface area contributed by atoms with Crippen molar-refractivity contribution < 1.29 is 18.9 Å². The molecule has 362 valence electrons. The highest BCUT2D eigenvalue weighted by molar-refractivity contribution is 5.82. The topological polar surface area (TPSA) is 347 Å². The Bertz CT molecular complexity index is 3460. The number of guanidine groups is 4. The van der Waals surface area contributed by atoms with Crippen molar-refractivity contribution in [1.29, 1.82) is 0 Å². The molecule has 6 aromatic carbocycles. The van der Waals surface area contributed by atoms with Crippen LogP contribution in [-0.2, 0) is 26.4 Å². The standard InChI is InChI=1S/C54H52N14O4/c55-45(56)16-29-15-38-34-9-5-32-18-40(34)46(29)35-10-6-30(17-39(35)38)69-21-25-1-3-28(43(13-25)65-51(57)58)24-72-33-8-12-37-42(20-33)48-36-11-7-31(19-41(36)47(37)49(67-53(61)62)50(48)68-54(63)64)70-22-26-2-4-27(23-71-32)44(14-26)66-52(59)60/h1-20,38,46-48H,21-24,55-56H2,(H4,57,58,65)(H4,59,60,66)(H4,61,62,67)(H4,63,64,68)/t38-,46?,47-,48?/m0/s1. The van der Waals surface area contributed by atoms with Crippen LogP contribution in [0.5, 0.6) is 23.0 Å². The Balaban J connectivity index is 0.996. The number of nitrogens with zero attached hydrogens (tertiary/aromatic N) is 4.